The summed E-state index contributed by atoms with van der Waals surface area (Å²) >= 11 is 0. The van der Waals surface area contributed by atoms with Crippen LogP contribution in [0, 0.1) is 6.92 Å². The SMILES string of the molecule is Cc1nc2c(NCCCN(C)C)ccnc2n1C. The second kappa shape index (κ2) is 5.35. The fraction of sp³-hybridized carbons (Fsp3) is 0.538. The van der Waals surface area contributed by atoms with Gasteiger partial charge in [-0.1, -0.05) is 0 Å². The summed E-state index contributed by atoms with van der Waals surface area (Å²) in [6.07, 6.45) is 2.94. The molecular weight excluding hydrogens is 226 g/mol. The van der Waals surface area contributed by atoms with Crippen LogP contribution in [-0.2, 0) is 7.05 Å². The molecule has 0 aliphatic heterocycles. The fourth-order valence-corrected chi connectivity index (χ4v) is 1.95. The molecule has 0 saturated carbocycles. The van der Waals surface area contributed by atoms with Gasteiger partial charge in [-0.15, -0.1) is 0 Å². The molecular formula is C13H21N5. The Balaban J connectivity index is 2.11. The predicted molar refractivity (Wildman–Crippen MR) is 74.9 cm³/mol. The van der Waals surface area contributed by atoms with Gasteiger partial charge in [0.15, 0.2) is 5.65 Å². The third kappa shape index (κ3) is 2.61. The highest BCUT2D eigenvalue weighted by molar-refractivity contribution is 5.85. The summed E-state index contributed by atoms with van der Waals surface area (Å²) in [5, 5.41) is 3.44. The maximum absolute atomic E-state index is 4.55. The van der Waals surface area contributed by atoms with Crippen molar-refractivity contribution < 1.29 is 0 Å². The second-order valence-corrected chi connectivity index (χ2v) is 4.83. The Morgan fingerprint density at radius 2 is 2.17 bits per heavy atom. The van der Waals surface area contributed by atoms with Crippen LogP contribution in [0.3, 0.4) is 0 Å². The van der Waals surface area contributed by atoms with Crippen molar-refractivity contribution in [2.45, 2.75) is 13.3 Å². The number of nitrogens with zero attached hydrogens (tertiary/aromatic N) is 4. The number of imidazole rings is 1. The largest absolute Gasteiger partial charge is 0.383 e. The van der Waals surface area contributed by atoms with Gasteiger partial charge in [0, 0.05) is 19.8 Å². The zero-order valence-electron chi connectivity index (χ0n) is 11.6. The first kappa shape index (κ1) is 12.8. The molecule has 0 radical (unpaired) electrons. The van der Waals surface area contributed by atoms with Crippen molar-refractivity contribution in [3.8, 4) is 0 Å². The van der Waals surface area contributed by atoms with Gasteiger partial charge in [0.25, 0.3) is 0 Å². The Morgan fingerprint density at radius 1 is 1.39 bits per heavy atom. The van der Waals surface area contributed by atoms with Crippen LogP contribution >= 0.6 is 0 Å². The average Bonchev–Trinajstić information content (AvgIpc) is 2.62. The normalized spacial score (nSPS) is 11.4. The lowest BCUT2D eigenvalue weighted by Crippen LogP contribution is -2.16. The highest BCUT2D eigenvalue weighted by Gasteiger charge is 2.08. The summed E-state index contributed by atoms with van der Waals surface area (Å²) in [5.74, 6) is 0.986. The first-order chi connectivity index (χ1) is 8.59. The molecule has 5 heteroatoms. The van der Waals surface area contributed by atoms with Gasteiger partial charge in [-0.2, -0.15) is 0 Å². The first-order valence-electron chi connectivity index (χ1n) is 6.26. The van der Waals surface area contributed by atoms with Crippen LogP contribution in [0.5, 0.6) is 0 Å². The number of pyridine rings is 1. The van der Waals surface area contributed by atoms with Crippen LogP contribution in [0.2, 0.25) is 0 Å². The lowest BCUT2D eigenvalue weighted by Gasteiger charge is -2.10. The van der Waals surface area contributed by atoms with Gasteiger partial charge in [-0.05, 0) is 40.1 Å². The number of aryl methyl sites for hydroxylation is 2. The van der Waals surface area contributed by atoms with E-state index in [9.17, 15) is 0 Å². The van der Waals surface area contributed by atoms with Crippen molar-refractivity contribution in [3.05, 3.63) is 18.1 Å². The highest BCUT2D eigenvalue weighted by Crippen LogP contribution is 2.20. The summed E-state index contributed by atoms with van der Waals surface area (Å²) in [4.78, 5) is 11.1. The van der Waals surface area contributed by atoms with Crippen molar-refractivity contribution in [3.63, 3.8) is 0 Å². The number of hydrogen-bond donors (Lipinski definition) is 1. The number of anilines is 1. The molecule has 0 aliphatic carbocycles. The monoisotopic (exact) mass is 247 g/mol. The molecule has 98 valence electrons. The van der Waals surface area contributed by atoms with Crippen LogP contribution < -0.4 is 5.32 Å². The van der Waals surface area contributed by atoms with E-state index in [0.717, 1.165) is 42.2 Å². The Bertz CT molecular complexity index is 529. The summed E-state index contributed by atoms with van der Waals surface area (Å²) in [6, 6.07) is 1.99. The molecule has 0 saturated heterocycles. The maximum Gasteiger partial charge on any atom is 0.161 e. The number of hydrogen-bond acceptors (Lipinski definition) is 4. The van der Waals surface area contributed by atoms with Gasteiger partial charge in [0.2, 0.25) is 0 Å². The molecule has 0 spiro atoms. The van der Waals surface area contributed by atoms with E-state index in [1.807, 2.05) is 30.8 Å². The minimum atomic E-state index is 0.935. The Labute approximate surface area is 108 Å². The Morgan fingerprint density at radius 3 is 2.89 bits per heavy atom. The molecule has 2 aromatic heterocycles. The molecule has 2 aromatic rings. The molecule has 0 fully saturated rings. The predicted octanol–water partition coefficient (Wildman–Crippen LogP) is 1.64. The summed E-state index contributed by atoms with van der Waals surface area (Å²) in [6.45, 7) is 4.03. The van der Waals surface area contributed by atoms with Gasteiger partial charge in [-0.25, -0.2) is 9.97 Å². The zero-order chi connectivity index (χ0) is 13.1. The smallest absolute Gasteiger partial charge is 0.161 e. The van der Waals surface area contributed by atoms with E-state index >= 15 is 0 Å². The summed E-state index contributed by atoms with van der Waals surface area (Å²) in [7, 11) is 6.17. The number of nitrogens with one attached hydrogen (secondary N) is 1. The van der Waals surface area contributed by atoms with Crippen molar-refractivity contribution >= 4 is 16.9 Å². The van der Waals surface area contributed by atoms with Crippen molar-refractivity contribution in [2.75, 3.05) is 32.5 Å². The lowest BCUT2D eigenvalue weighted by atomic mass is 10.3. The molecule has 5 nitrogen and oxygen atoms in total. The molecule has 0 aromatic carbocycles. The van der Waals surface area contributed by atoms with Crippen molar-refractivity contribution in [1.82, 2.24) is 19.4 Å². The Hall–Kier alpha value is -1.62. The molecule has 0 unspecified atom stereocenters. The van der Waals surface area contributed by atoms with Gasteiger partial charge >= 0.3 is 0 Å². The third-order valence-electron chi connectivity index (χ3n) is 3.08. The van der Waals surface area contributed by atoms with E-state index < -0.39 is 0 Å². The second-order valence-electron chi connectivity index (χ2n) is 4.83. The van der Waals surface area contributed by atoms with E-state index in [2.05, 4.69) is 34.3 Å². The number of aromatic nitrogens is 3. The van der Waals surface area contributed by atoms with Crippen LogP contribution in [0.25, 0.3) is 11.2 Å². The lowest BCUT2D eigenvalue weighted by molar-refractivity contribution is 0.405. The van der Waals surface area contributed by atoms with Gasteiger partial charge in [0.05, 0.1) is 5.69 Å². The molecule has 0 aliphatic rings. The summed E-state index contributed by atoms with van der Waals surface area (Å²) in [5.41, 5.74) is 2.97. The van der Waals surface area contributed by atoms with Gasteiger partial charge < -0.3 is 14.8 Å². The van der Waals surface area contributed by atoms with Gasteiger partial charge in [0.1, 0.15) is 11.3 Å². The first-order valence-corrected chi connectivity index (χ1v) is 6.26. The molecule has 1 N–H and O–H groups in total. The standard InChI is InChI=1S/C13H21N5/c1-10-16-12-11(14-7-5-9-17(2)3)6-8-15-13(12)18(10)4/h6,8H,5,7,9H2,1-4H3,(H,14,15). The van der Waals surface area contributed by atoms with E-state index in [1.165, 1.54) is 0 Å². The van der Waals surface area contributed by atoms with Crippen molar-refractivity contribution in [2.24, 2.45) is 7.05 Å². The van der Waals surface area contributed by atoms with Crippen LogP contribution in [0.15, 0.2) is 12.3 Å². The maximum atomic E-state index is 4.55. The van der Waals surface area contributed by atoms with E-state index in [1.54, 1.807) is 0 Å². The topological polar surface area (TPSA) is 46.0 Å². The third-order valence-corrected chi connectivity index (χ3v) is 3.08. The van der Waals surface area contributed by atoms with E-state index in [0.29, 0.717) is 0 Å². The fourth-order valence-electron chi connectivity index (χ4n) is 1.95. The van der Waals surface area contributed by atoms with Crippen molar-refractivity contribution in [1.29, 1.82) is 0 Å². The molecule has 2 rings (SSSR count). The molecule has 0 atom stereocenters. The van der Waals surface area contributed by atoms with Gasteiger partial charge in [-0.3, -0.25) is 0 Å². The quantitative estimate of drug-likeness (QED) is 0.816. The molecule has 2 heterocycles. The van der Waals surface area contributed by atoms with E-state index in [-0.39, 0.29) is 0 Å². The number of fused-ring (bicyclic) bond motifs is 1. The molecule has 0 bridgehead atoms. The Kier molecular flexibility index (Phi) is 3.81. The van der Waals surface area contributed by atoms with Crippen LogP contribution in [0.4, 0.5) is 5.69 Å². The molecule has 18 heavy (non-hydrogen) atoms. The summed E-state index contributed by atoms with van der Waals surface area (Å²) < 4.78 is 2.01. The minimum absolute atomic E-state index is 0.935. The highest BCUT2D eigenvalue weighted by atomic mass is 15.1. The minimum Gasteiger partial charge on any atom is -0.383 e. The average molecular weight is 247 g/mol. The van der Waals surface area contributed by atoms with E-state index in [4.69, 9.17) is 0 Å². The van der Waals surface area contributed by atoms with Crippen LogP contribution in [0.1, 0.15) is 12.2 Å². The zero-order valence-corrected chi connectivity index (χ0v) is 11.6. The van der Waals surface area contributed by atoms with Crippen LogP contribution in [-0.4, -0.2) is 46.6 Å². The number of rotatable bonds is 5. The molecule has 0 amide bonds.